The number of pyridine rings is 1. The predicted molar refractivity (Wildman–Crippen MR) is 126 cm³/mol. The van der Waals surface area contributed by atoms with Gasteiger partial charge in [-0.2, -0.15) is 0 Å². The zero-order valence-electron chi connectivity index (χ0n) is 19.0. The summed E-state index contributed by atoms with van der Waals surface area (Å²) in [5.74, 6) is 0.506. The van der Waals surface area contributed by atoms with Crippen LogP contribution in [0.5, 0.6) is 0 Å². The fourth-order valence-corrected chi connectivity index (χ4v) is 5.25. The molecule has 1 aromatic carbocycles. The van der Waals surface area contributed by atoms with Crippen LogP contribution >= 0.6 is 11.6 Å². The molecule has 0 spiro atoms. The highest BCUT2D eigenvalue weighted by Crippen LogP contribution is 2.36. The molecule has 8 heteroatoms. The number of rotatable bonds is 4. The van der Waals surface area contributed by atoms with E-state index in [0.29, 0.717) is 31.1 Å². The van der Waals surface area contributed by atoms with Crippen LogP contribution in [0.4, 0.5) is 4.79 Å². The van der Waals surface area contributed by atoms with E-state index in [1.54, 1.807) is 4.90 Å². The molecule has 1 fully saturated rings. The van der Waals surface area contributed by atoms with Gasteiger partial charge in [0.2, 0.25) is 0 Å². The summed E-state index contributed by atoms with van der Waals surface area (Å²) in [6, 6.07) is 5.31. The number of aromatic nitrogens is 1. The number of carbonyl (C=O) groups excluding carboxylic acids is 1. The number of halogens is 1. The van der Waals surface area contributed by atoms with Crippen LogP contribution in [0, 0.1) is 5.92 Å². The van der Waals surface area contributed by atoms with Crippen molar-refractivity contribution >= 4 is 34.5 Å². The fourth-order valence-electron chi connectivity index (χ4n) is 4.89. The molecule has 4 rings (SSSR count). The van der Waals surface area contributed by atoms with Gasteiger partial charge in [-0.25, -0.2) is 4.79 Å². The van der Waals surface area contributed by atoms with Gasteiger partial charge in [-0.15, -0.1) is 0 Å². The van der Waals surface area contributed by atoms with Crippen LogP contribution in [0.25, 0.3) is 10.9 Å². The summed E-state index contributed by atoms with van der Waals surface area (Å²) in [6.07, 6.45) is 3.20. The Kier molecular flexibility index (Phi) is 6.58. The third-order valence-corrected chi connectivity index (χ3v) is 7.21. The summed E-state index contributed by atoms with van der Waals surface area (Å²) in [7, 11) is 4.19. The van der Waals surface area contributed by atoms with Gasteiger partial charge >= 0.3 is 6.09 Å². The Morgan fingerprint density at radius 2 is 2.06 bits per heavy atom. The first-order valence-corrected chi connectivity index (χ1v) is 11.7. The topological polar surface area (TPSA) is 77.0 Å². The standard InChI is InChI=1S/C24H31ClN4O3/c1-15-14-28(10-11-29(15)24(31)32)23(30)17-5-7-19-21(13-17)26-20-12-16(8-9-27(2)3)4-6-18(20)22(19)25/h5,7,13,15-16H,4,6,8-12,14H2,1-3H3,(H,31,32)/t15-,16?/m1/s1. The van der Waals surface area contributed by atoms with Crippen LogP contribution in [0.15, 0.2) is 18.2 Å². The molecule has 2 heterocycles. The molecule has 0 bridgehead atoms. The highest BCUT2D eigenvalue weighted by atomic mass is 35.5. The molecule has 2 aliphatic rings. The molecule has 1 aliphatic heterocycles. The second-order valence-corrected chi connectivity index (χ2v) is 9.74. The number of benzene rings is 1. The van der Waals surface area contributed by atoms with E-state index in [2.05, 4.69) is 19.0 Å². The zero-order valence-corrected chi connectivity index (χ0v) is 19.7. The maximum Gasteiger partial charge on any atom is 0.407 e. The fraction of sp³-hybridized carbons (Fsp3) is 0.542. The molecule has 2 atom stereocenters. The van der Waals surface area contributed by atoms with Crippen molar-refractivity contribution in [3.63, 3.8) is 0 Å². The largest absolute Gasteiger partial charge is 0.465 e. The summed E-state index contributed by atoms with van der Waals surface area (Å²) >= 11 is 6.78. The number of nitrogens with zero attached hydrogens (tertiary/aromatic N) is 4. The Bertz CT molecular complexity index is 1040. The number of fused-ring (bicyclic) bond motifs is 2. The van der Waals surface area contributed by atoms with Crippen LogP contribution in [-0.4, -0.2) is 83.1 Å². The lowest BCUT2D eigenvalue weighted by molar-refractivity contribution is 0.0507. The minimum Gasteiger partial charge on any atom is -0.465 e. The van der Waals surface area contributed by atoms with Gasteiger partial charge in [0, 0.05) is 42.3 Å². The third-order valence-electron chi connectivity index (χ3n) is 6.78. The average Bonchev–Trinajstić information content (AvgIpc) is 2.76. The monoisotopic (exact) mass is 458 g/mol. The van der Waals surface area contributed by atoms with Crippen molar-refractivity contribution in [1.29, 1.82) is 0 Å². The van der Waals surface area contributed by atoms with Gasteiger partial charge < -0.3 is 19.8 Å². The second kappa shape index (κ2) is 9.24. The summed E-state index contributed by atoms with van der Waals surface area (Å²) in [6.45, 7) is 3.98. The Hall–Kier alpha value is -2.38. The number of hydrogen-bond acceptors (Lipinski definition) is 4. The van der Waals surface area contributed by atoms with Crippen LogP contribution in [-0.2, 0) is 12.8 Å². The van der Waals surface area contributed by atoms with Crippen LogP contribution in [0.2, 0.25) is 5.02 Å². The molecule has 0 saturated carbocycles. The van der Waals surface area contributed by atoms with E-state index < -0.39 is 6.09 Å². The first kappa shape index (κ1) is 22.8. The van der Waals surface area contributed by atoms with Crippen LogP contribution < -0.4 is 0 Å². The van der Waals surface area contributed by atoms with Gasteiger partial charge in [-0.1, -0.05) is 17.7 Å². The minimum atomic E-state index is -0.942. The Labute approximate surface area is 193 Å². The molecule has 1 saturated heterocycles. The zero-order chi connectivity index (χ0) is 23.0. The lowest BCUT2D eigenvalue weighted by Crippen LogP contribution is -2.55. The first-order valence-electron chi connectivity index (χ1n) is 11.3. The molecule has 1 aromatic heterocycles. The Morgan fingerprint density at radius 3 is 2.75 bits per heavy atom. The third kappa shape index (κ3) is 4.55. The lowest BCUT2D eigenvalue weighted by Gasteiger charge is -2.38. The van der Waals surface area contributed by atoms with Crippen molar-refractivity contribution in [2.75, 3.05) is 40.3 Å². The summed E-state index contributed by atoms with van der Waals surface area (Å²) in [5, 5.41) is 10.9. The predicted octanol–water partition coefficient (Wildman–Crippen LogP) is 3.77. The summed E-state index contributed by atoms with van der Waals surface area (Å²) in [4.78, 5) is 34.7. The van der Waals surface area contributed by atoms with E-state index in [-0.39, 0.29) is 11.9 Å². The van der Waals surface area contributed by atoms with E-state index in [1.807, 2.05) is 25.1 Å². The highest BCUT2D eigenvalue weighted by molar-refractivity contribution is 6.36. The summed E-state index contributed by atoms with van der Waals surface area (Å²) in [5.41, 5.74) is 3.53. The summed E-state index contributed by atoms with van der Waals surface area (Å²) < 4.78 is 0. The first-order chi connectivity index (χ1) is 15.2. The second-order valence-electron chi connectivity index (χ2n) is 9.36. The van der Waals surface area contributed by atoms with Crippen molar-refractivity contribution in [3.8, 4) is 0 Å². The van der Waals surface area contributed by atoms with Gasteiger partial charge in [-0.05, 0) is 76.9 Å². The molecule has 1 unspecified atom stereocenters. The quantitative estimate of drug-likeness (QED) is 0.754. The van der Waals surface area contributed by atoms with Crippen molar-refractivity contribution in [3.05, 3.63) is 40.0 Å². The molecular weight excluding hydrogens is 428 g/mol. The van der Waals surface area contributed by atoms with Crippen molar-refractivity contribution in [1.82, 2.24) is 19.7 Å². The Balaban J connectivity index is 1.56. The smallest absolute Gasteiger partial charge is 0.407 e. The molecule has 0 radical (unpaired) electrons. The SMILES string of the molecule is C[C@@H]1CN(C(=O)c2ccc3c(Cl)c4c(nc3c2)CC(CCN(C)C)CC4)CCN1C(=O)O. The maximum absolute atomic E-state index is 13.1. The number of hydrogen-bond donors (Lipinski definition) is 1. The molecule has 2 aromatic rings. The molecule has 32 heavy (non-hydrogen) atoms. The number of carboxylic acid groups (broad SMARTS) is 1. The minimum absolute atomic E-state index is 0.0942. The molecule has 2 amide bonds. The van der Waals surface area contributed by atoms with E-state index in [4.69, 9.17) is 16.6 Å². The van der Waals surface area contributed by atoms with Crippen molar-refractivity contribution in [2.45, 2.75) is 38.6 Å². The van der Waals surface area contributed by atoms with E-state index in [1.165, 1.54) is 4.90 Å². The van der Waals surface area contributed by atoms with Crippen molar-refractivity contribution < 1.29 is 14.7 Å². The molecular formula is C24H31ClN4O3. The number of carbonyl (C=O) groups is 2. The van der Waals surface area contributed by atoms with Crippen LogP contribution in [0.1, 0.15) is 41.4 Å². The average molecular weight is 459 g/mol. The lowest BCUT2D eigenvalue weighted by atomic mass is 9.84. The van der Waals surface area contributed by atoms with Gasteiger partial charge in [0.15, 0.2) is 0 Å². The highest BCUT2D eigenvalue weighted by Gasteiger charge is 2.30. The molecule has 172 valence electrons. The molecule has 1 aliphatic carbocycles. The van der Waals surface area contributed by atoms with E-state index in [9.17, 15) is 14.7 Å². The Morgan fingerprint density at radius 1 is 1.28 bits per heavy atom. The number of piperazine rings is 1. The normalized spacial score (nSPS) is 21.2. The van der Waals surface area contributed by atoms with Crippen LogP contribution in [0.3, 0.4) is 0 Å². The van der Waals surface area contributed by atoms with Gasteiger partial charge in [-0.3, -0.25) is 9.78 Å². The maximum atomic E-state index is 13.1. The van der Waals surface area contributed by atoms with E-state index >= 15 is 0 Å². The van der Waals surface area contributed by atoms with Gasteiger partial charge in [0.05, 0.1) is 10.5 Å². The molecule has 7 nitrogen and oxygen atoms in total. The van der Waals surface area contributed by atoms with Gasteiger partial charge in [0.1, 0.15) is 0 Å². The van der Waals surface area contributed by atoms with Gasteiger partial charge in [0.25, 0.3) is 5.91 Å². The van der Waals surface area contributed by atoms with E-state index in [0.717, 1.165) is 59.4 Å². The molecule has 1 N–H and O–H groups in total. The van der Waals surface area contributed by atoms with Crippen molar-refractivity contribution in [2.24, 2.45) is 5.92 Å². The number of amides is 2.